The molecule has 4 nitrogen and oxygen atoms in total. The maximum Gasteiger partial charge on any atom is 0.207 e. The van der Waals surface area contributed by atoms with E-state index in [0.29, 0.717) is 23.3 Å². The fraction of sp³-hybridized carbons (Fsp3) is 0.600. The van der Waals surface area contributed by atoms with Crippen LogP contribution in [0.4, 0.5) is 0 Å². The number of allylic oxidation sites excluding steroid dienone is 1. The largest absolute Gasteiger partial charge is 0.485 e. The van der Waals surface area contributed by atoms with Crippen molar-refractivity contribution in [3.05, 3.63) is 35.4 Å². The topological polar surface area (TPSA) is 41.9 Å². The third kappa shape index (κ3) is 4.11. The van der Waals surface area contributed by atoms with Gasteiger partial charge in [-0.05, 0) is 56.5 Å². The number of hydrogen-bond donors (Lipinski definition) is 1. The van der Waals surface area contributed by atoms with Crippen LogP contribution in [-0.2, 0) is 6.54 Å². The molecule has 3 atom stereocenters. The van der Waals surface area contributed by atoms with Crippen LogP contribution in [0, 0.1) is 18.8 Å². The lowest BCUT2D eigenvalue weighted by Crippen LogP contribution is -2.34. The van der Waals surface area contributed by atoms with Crippen molar-refractivity contribution >= 4 is 0 Å². The van der Waals surface area contributed by atoms with Crippen LogP contribution in [0.5, 0.6) is 11.5 Å². The van der Waals surface area contributed by atoms with Crippen LogP contribution in [0.15, 0.2) is 24.3 Å². The van der Waals surface area contributed by atoms with Crippen LogP contribution in [0.2, 0.25) is 0 Å². The van der Waals surface area contributed by atoms with Gasteiger partial charge >= 0.3 is 0 Å². The van der Waals surface area contributed by atoms with Gasteiger partial charge in [0.1, 0.15) is 6.10 Å². The minimum atomic E-state index is 0.134. The molecule has 1 aliphatic heterocycles. The molecular weight excluding hydrogens is 302 g/mol. The highest BCUT2D eigenvalue weighted by atomic mass is 17.1. The molecule has 0 aromatic heterocycles. The maximum absolute atomic E-state index is 9.17. The van der Waals surface area contributed by atoms with E-state index < -0.39 is 0 Å². The summed E-state index contributed by atoms with van der Waals surface area (Å²) in [6.07, 6.45) is 6.81. The first kappa shape index (κ1) is 18.8. The number of nitrogens with zero attached hydrogens (tertiary/aromatic N) is 1. The molecule has 0 fully saturated rings. The van der Waals surface area contributed by atoms with Crippen molar-refractivity contribution in [1.82, 2.24) is 4.90 Å². The maximum atomic E-state index is 9.17. The van der Waals surface area contributed by atoms with Crippen molar-refractivity contribution in [3.8, 4) is 11.5 Å². The zero-order chi connectivity index (χ0) is 17.7. The van der Waals surface area contributed by atoms with Gasteiger partial charge in [0.2, 0.25) is 5.75 Å². The molecule has 0 radical (unpaired) electrons. The van der Waals surface area contributed by atoms with Crippen LogP contribution in [0.25, 0.3) is 0 Å². The molecule has 1 heterocycles. The number of fused-ring (bicyclic) bond motifs is 3. The first-order chi connectivity index (χ1) is 11.6. The fourth-order valence-corrected chi connectivity index (χ4v) is 3.48. The van der Waals surface area contributed by atoms with Crippen molar-refractivity contribution in [1.29, 1.82) is 0 Å². The Kier molecular flexibility index (Phi) is 6.69. The first-order valence-corrected chi connectivity index (χ1v) is 9.06. The Bertz CT molecular complexity index is 570. The molecule has 0 saturated carbocycles. The lowest BCUT2D eigenvalue weighted by molar-refractivity contribution is -0.140. The van der Waals surface area contributed by atoms with Crippen LogP contribution < -0.4 is 9.62 Å². The SMILES string of the molecule is CC.Cc1c2ccc(OO)c1OC1C[C@@H](C)C=CC1CCN(C)C2. The zero-order valence-corrected chi connectivity index (χ0v) is 15.6. The van der Waals surface area contributed by atoms with E-state index >= 15 is 0 Å². The molecule has 4 heteroatoms. The highest BCUT2D eigenvalue weighted by Crippen LogP contribution is 2.38. The molecule has 0 spiro atoms. The van der Waals surface area contributed by atoms with E-state index in [4.69, 9.17) is 4.74 Å². The standard InChI is InChI=1S/C18H25NO3.C2H6/c1-12-4-5-14-8-9-19(3)11-15-6-7-16(22-20)18(13(15)2)21-17(14)10-12;1-2/h4-7,12,14,17,20H,8-11H2,1-3H3;1-2H3/t12-,14?,17?;/m0./s1. The third-order valence-electron chi connectivity index (χ3n) is 4.90. The minimum absolute atomic E-state index is 0.134. The molecule has 2 aliphatic rings. The average molecular weight is 333 g/mol. The smallest absolute Gasteiger partial charge is 0.207 e. The predicted molar refractivity (Wildman–Crippen MR) is 97.6 cm³/mol. The quantitative estimate of drug-likeness (QED) is 0.461. The van der Waals surface area contributed by atoms with E-state index in [1.807, 2.05) is 26.8 Å². The molecule has 0 saturated heterocycles. The van der Waals surface area contributed by atoms with Crippen LogP contribution in [0.3, 0.4) is 0 Å². The van der Waals surface area contributed by atoms with E-state index in [0.717, 1.165) is 31.5 Å². The predicted octanol–water partition coefficient (Wildman–Crippen LogP) is 4.67. The second-order valence-corrected chi connectivity index (χ2v) is 6.71. The summed E-state index contributed by atoms with van der Waals surface area (Å²) in [6.45, 7) is 10.2. The van der Waals surface area contributed by atoms with Gasteiger partial charge in [0, 0.05) is 12.5 Å². The van der Waals surface area contributed by atoms with Crippen molar-refractivity contribution in [2.45, 2.75) is 53.2 Å². The summed E-state index contributed by atoms with van der Waals surface area (Å²) in [7, 11) is 2.15. The second kappa shape index (κ2) is 8.54. The summed E-state index contributed by atoms with van der Waals surface area (Å²) in [5.41, 5.74) is 2.28. The number of ether oxygens (including phenoxy) is 1. The highest BCUT2D eigenvalue weighted by Gasteiger charge is 2.29. The Morgan fingerprint density at radius 1 is 1.25 bits per heavy atom. The lowest BCUT2D eigenvalue weighted by atomic mass is 9.84. The van der Waals surface area contributed by atoms with Crippen molar-refractivity contribution in [2.75, 3.05) is 13.6 Å². The molecule has 1 aliphatic carbocycles. The van der Waals surface area contributed by atoms with Gasteiger partial charge in [0.05, 0.1) is 0 Å². The van der Waals surface area contributed by atoms with Crippen molar-refractivity contribution < 1.29 is 14.9 Å². The Labute approximate surface area is 146 Å². The monoisotopic (exact) mass is 333 g/mol. The van der Waals surface area contributed by atoms with E-state index in [2.05, 4.69) is 35.9 Å². The van der Waals surface area contributed by atoms with Gasteiger partial charge in [-0.25, -0.2) is 5.26 Å². The van der Waals surface area contributed by atoms with Crippen LogP contribution >= 0.6 is 0 Å². The molecule has 2 bridgehead atoms. The van der Waals surface area contributed by atoms with E-state index in [1.54, 1.807) is 6.07 Å². The van der Waals surface area contributed by atoms with Gasteiger partial charge in [-0.2, -0.15) is 0 Å². The molecule has 134 valence electrons. The number of benzene rings is 1. The average Bonchev–Trinajstić information content (AvgIpc) is 2.59. The molecular formula is C20H31NO3. The van der Waals surface area contributed by atoms with Crippen LogP contribution in [-0.4, -0.2) is 29.9 Å². The van der Waals surface area contributed by atoms with E-state index in [1.165, 1.54) is 5.56 Å². The van der Waals surface area contributed by atoms with Crippen molar-refractivity contribution in [2.24, 2.45) is 11.8 Å². The fourth-order valence-electron chi connectivity index (χ4n) is 3.48. The summed E-state index contributed by atoms with van der Waals surface area (Å²) in [4.78, 5) is 6.90. The third-order valence-corrected chi connectivity index (χ3v) is 4.90. The summed E-state index contributed by atoms with van der Waals surface area (Å²) in [5.74, 6) is 2.02. The lowest BCUT2D eigenvalue weighted by Gasteiger charge is -2.34. The van der Waals surface area contributed by atoms with E-state index in [9.17, 15) is 5.26 Å². The summed E-state index contributed by atoms with van der Waals surface area (Å²) >= 11 is 0. The normalized spacial score (nSPS) is 26.5. The zero-order valence-electron chi connectivity index (χ0n) is 15.6. The second-order valence-electron chi connectivity index (χ2n) is 6.71. The molecule has 3 rings (SSSR count). The van der Waals surface area contributed by atoms with Gasteiger partial charge in [-0.15, -0.1) is 0 Å². The van der Waals surface area contributed by atoms with Gasteiger partial charge in [-0.1, -0.05) is 39.0 Å². The number of rotatable bonds is 1. The summed E-state index contributed by atoms with van der Waals surface area (Å²) < 4.78 is 6.34. The molecule has 24 heavy (non-hydrogen) atoms. The summed E-state index contributed by atoms with van der Waals surface area (Å²) in [6, 6.07) is 3.80. The minimum Gasteiger partial charge on any atom is -0.485 e. The highest BCUT2D eigenvalue weighted by molar-refractivity contribution is 5.50. The van der Waals surface area contributed by atoms with Gasteiger partial charge < -0.3 is 14.5 Å². The summed E-state index contributed by atoms with van der Waals surface area (Å²) in [5, 5.41) is 9.17. The Morgan fingerprint density at radius 2 is 2.00 bits per heavy atom. The Morgan fingerprint density at radius 3 is 2.71 bits per heavy atom. The number of hydrogen-bond acceptors (Lipinski definition) is 4. The van der Waals surface area contributed by atoms with Crippen molar-refractivity contribution in [3.63, 3.8) is 0 Å². The van der Waals surface area contributed by atoms with E-state index in [-0.39, 0.29) is 6.10 Å². The Hall–Kier alpha value is -1.52. The first-order valence-electron chi connectivity index (χ1n) is 9.06. The van der Waals surface area contributed by atoms with Gasteiger partial charge in [0.25, 0.3) is 0 Å². The molecule has 2 unspecified atom stereocenters. The van der Waals surface area contributed by atoms with Gasteiger partial charge in [0.15, 0.2) is 5.75 Å². The Balaban J connectivity index is 0.00000100. The van der Waals surface area contributed by atoms with Crippen LogP contribution in [0.1, 0.15) is 44.7 Å². The molecule has 1 N–H and O–H groups in total. The molecule has 0 amide bonds. The molecule has 1 aromatic rings. The van der Waals surface area contributed by atoms with Gasteiger partial charge in [-0.3, -0.25) is 0 Å². The molecule has 1 aromatic carbocycles.